The molecule has 142 valence electrons. The fourth-order valence-corrected chi connectivity index (χ4v) is 5.47. The molecule has 0 aliphatic carbocycles. The molecule has 1 aromatic rings. The average Bonchev–Trinajstić information content (AvgIpc) is 3.16. The number of nitrogens with zero attached hydrogens (tertiary/aromatic N) is 1. The Bertz CT molecular complexity index is 763. The summed E-state index contributed by atoms with van der Waals surface area (Å²) in [5, 5.41) is 3.00. The van der Waals surface area contributed by atoms with Crippen molar-refractivity contribution in [2.45, 2.75) is 44.7 Å². The van der Waals surface area contributed by atoms with Gasteiger partial charge < -0.3 is 10.2 Å². The average molecular weight is 378 g/mol. The third-order valence-electron chi connectivity index (χ3n) is 5.28. The van der Waals surface area contributed by atoms with Crippen LogP contribution in [-0.4, -0.2) is 55.3 Å². The summed E-state index contributed by atoms with van der Waals surface area (Å²) in [6.45, 7) is 2.30. The molecule has 1 aromatic carbocycles. The minimum absolute atomic E-state index is 0.0266. The summed E-state index contributed by atoms with van der Waals surface area (Å²) in [5.74, 6) is -0.438. The molecule has 7 heteroatoms. The van der Waals surface area contributed by atoms with E-state index in [2.05, 4.69) is 17.4 Å². The van der Waals surface area contributed by atoms with Gasteiger partial charge in [-0.1, -0.05) is 30.3 Å². The Labute approximate surface area is 154 Å². The molecule has 2 amide bonds. The Hall–Kier alpha value is -1.89. The number of rotatable bonds is 6. The second-order valence-electron chi connectivity index (χ2n) is 7.44. The maximum Gasteiger partial charge on any atom is 0.225 e. The van der Waals surface area contributed by atoms with Crippen molar-refractivity contribution in [1.82, 2.24) is 10.2 Å². The standard InChI is InChI=1S/C19H26N2O4S/c1-14(7-8-15-5-3-2-4-6-15)20-19(23)16-11-18(22)21(12-16)17-9-10-26(24,25)13-17/h2-6,14,16-17H,7-13H2,1H3,(H,20,23)/t14-,16+,17-/m1/s1. The fraction of sp³-hybridized carbons (Fsp3) is 0.579. The van der Waals surface area contributed by atoms with Crippen molar-refractivity contribution in [2.75, 3.05) is 18.1 Å². The second-order valence-corrected chi connectivity index (χ2v) is 9.67. The van der Waals surface area contributed by atoms with E-state index < -0.39 is 9.84 Å². The molecule has 2 fully saturated rings. The molecule has 0 unspecified atom stereocenters. The van der Waals surface area contributed by atoms with Gasteiger partial charge in [-0.05, 0) is 31.7 Å². The zero-order valence-corrected chi connectivity index (χ0v) is 15.9. The number of likely N-dealkylation sites (tertiary alicyclic amines) is 1. The van der Waals surface area contributed by atoms with Crippen molar-refractivity contribution < 1.29 is 18.0 Å². The molecule has 1 N–H and O–H groups in total. The molecule has 2 aliphatic rings. The lowest BCUT2D eigenvalue weighted by molar-refractivity contribution is -0.130. The number of aryl methyl sites for hydroxylation is 1. The van der Waals surface area contributed by atoms with Crippen LogP contribution in [0.3, 0.4) is 0 Å². The van der Waals surface area contributed by atoms with Crippen molar-refractivity contribution in [2.24, 2.45) is 5.92 Å². The minimum atomic E-state index is -3.04. The predicted molar refractivity (Wildman–Crippen MR) is 99.2 cm³/mol. The van der Waals surface area contributed by atoms with Crippen molar-refractivity contribution in [1.29, 1.82) is 0 Å². The van der Waals surface area contributed by atoms with Gasteiger partial charge in [0.1, 0.15) is 0 Å². The lowest BCUT2D eigenvalue weighted by atomic mass is 10.0. The molecule has 6 nitrogen and oxygen atoms in total. The molecule has 26 heavy (non-hydrogen) atoms. The Morgan fingerprint density at radius 2 is 2.04 bits per heavy atom. The highest BCUT2D eigenvalue weighted by Crippen LogP contribution is 2.26. The van der Waals surface area contributed by atoms with E-state index in [0.29, 0.717) is 13.0 Å². The first kappa shape index (κ1) is 18.9. The Balaban J connectivity index is 1.48. The van der Waals surface area contributed by atoms with Gasteiger partial charge in [0.05, 0.1) is 17.4 Å². The molecule has 3 rings (SSSR count). The van der Waals surface area contributed by atoms with E-state index in [4.69, 9.17) is 0 Å². The van der Waals surface area contributed by atoms with Crippen LogP contribution in [0.2, 0.25) is 0 Å². The molecule has 0 saturated carbocycles. The van der Waals surface area contributed by atoms with Gasteiger partial charge in [0.15, 0.2) is 9.84 Å². The van der Waals surface area contributed by atoms with E-state index >= 15 is 0 Å². The lowest BCUT2D eigenvalue weighted by Crippen LogP contribution is -2.41. The highest BCUT2D eigenvalue weighted by molar-refractivity contribution is 7.91. The number of hydrogen-bond donors (Lipinski definition) is 1. The number of benzene rings is 1. The Kier molecular flexibility index (Phi) is 5.65. The van der Waals surface area contributed by atoms with Gasteiger partial charge in [-0.25, -0.2) is 8.42 Å². The fourth-order valence-electron chi connectivity index (χ4n) is 3.74. The molecule has 2 heterocycles. The van der Waals surface area contributed by atoms with E-state index in [0.717, 1.165) is 12.8 Å². The van der Waals surface area contributed by atoms with Crippen LogP contribution in [0.1, 0.15) is 31.7 Å². The second kappa shape index (κ2) is 7.78. The number of nitrogens with one attached hydrogen (secondary N) is 1. The van der Waals surface area contributed by atoms with E-state index in [9.17, 15) is 18.0 Å². The zero-order valence-electron chi connectivity index (χ0n) is 15.1. The summed E-state index contributed by atoms with van der Waals surface area (Å²) in [4.78, 5) is 26.3. The van der Waals surface area contributed by atoms with Crippen LogP contribution < -0.4 is 5.32 Å². The third kappa shape index (κ3) is 4.63. The van der Waals surface area contributed by atoms with E-state index in [-0.39, 0.29) is 47.7 Å². The van der Waals surface area contributed by atoms with Crippen LogP contribution in [-0.2, 0) is 25.8 Å². The van der Waals surface area contributed by atoms with E-state index in [1.54, 1.807) is 4.90 Å². The van der Waals surface area contributed by atoms with Crippen LogP contribution in [0.5, 0.6) is 0 Å². The quantitative estimate of drug-likeness (QED) is 0.805. The van der Waals surface area contributed by atoms with Crippen LogP contribution in [0, 0.1) is 5.92 Å². The Morgan fingerprint density at radius 3 is 2.69 bits per heavy atom. The van der Waals surface area contributed by atoms with Crippen molar-refractivity contribution >= 4 is 21.7 Å². The normalized spacial score (nSPS) is 26.0. The molecular formula is C19H26N2O4S. The zero-order chi connectivity index (χ0) is 18.7. The van der Waals surface area contributed by atoms with Crippen LogP contribution >= 0.6 is 0 Å². The number of sulfone groups is 1. The summed E-state index contributed by atoms with van der Waals surface area (Å²) >= 11 is 0. The van der Waals surface area contributed by atoms with Crippen LogP contribution in [0.25, 0.3) is 0 Å². The van der Waals surface area contributed by atoms with Gasteiger partial charge >= 0.3 is 0 Å². The summed E-state index contributed by atoms with van der Waals surface area (Å²) in [6.07, 6.45) is 2.38. The first-order valence-corrected chi connectivity index (χ1v) is 11.0. The molecule has 2 aliphatic heterocycles. The molecule has 3 atom stereocenters. The summed E-state index contributed by atoms with van der Waals surface area (Å²) in [7, 11) is -3.04. The smallest absolute Gasteiger partial charge is 0.225 e. The van der Waals surface area contributed by atoms with Gasteiger partial charge in [-0.2, -0.15) is 0 Å². The monoisotopic (exact) mass is 378 g/mol. The van der Waals surface area contributed by atoms with Gasteiger partial charge in [0.2, 0.25) is 11.8 Å². The van der Waals surface area contributed by atoms with Crippen LogP contribution in [0.15, 0.2) is 30.3 Å². The highest BCUT2D eigenvalue weighted by Gasteiger charge is 2.41. The number of carbonyl (C=O) groups excluding carboxylic acids is 2. The maximum atomic E-state index is 12.5. The maximum absolute atomic E-state index is 12.5. The number of amides is 2. The number of hydrogen-bond acceptors (Lipinski definition) is 4. The first-order chi connectivity index (χ1) is 12.3. The molecule has 0 aromatic heterocycles. The Morgan fingerprint density at radius 1 is 1.31 bits per heavy atom. The summed E-state index contributed by atoms with van der Waals surface area (Å²) in [6, 6.07) is 9.88. The first-order valence-electron chi connectivity index (χ1n) is 9.18. The lowest BCUT2D eigenvalue weighted by Gasteiger charge is -2.23. The summed E-state index contributed by atoms with van der Waals surface area (Å²) in [5.41, 5.74) is 1.23. The molecule has 0 radical (unpaired) electrons. The topological polar surface area (TPSA) is 83.6 Å². The van der Waals surface area contributed by atoms with Crippen molar-refractivity contribution in [3.05, 3.63) is 35.9 Å². The number of carbonyl (C=O) groups is 2. The van der Waals surface area contributed by atoms with Gasteiger partial charge in [0.25, 0.3) is 0 Å². The highest BCUT2D eigenvalue weighted by atomic mass is 32.2. The van der Waals surface area contributed by atoms with Crippen molar-refractivity contribution in [3.63, 3.8) is 0 Å². The molecule has 2 saturated heterocycles. The van der Waals surface area contributed by atoms with Gasteiger partial charge in [0, 0.05) is 25.0 Å². The van der Waals surface area contributed by atoms with Crippen LogP contribution in [0.4, 0.5) is 0 Å². The minimum Gasteiger partial charge on any atom is -0.353 e. The molecule has 0 spiro atoms. The molecular weight excluding hydrogens is 352 g/mol. The van der Waals surface area contributed by atoms with Gasteiger partial charge in [-0.3, -0.25) is 9.59 Å². The summed E-state index contributed by atoms with van der Waals surface area (Å²) < 4.78 is 23.3. The third-order valence-corrected chi connectivity index (χ3v) is 7.03. The molecule has 0 bridgehead atoms. The SMILES string of the molecule is C[C@H](CCc1ccccc1)NC(=O)[C@H]1CC(=O)N([C@@H]2CCS(=O)(=O)C2)C1. The van der Waals surface area contributed by atoms with Gasteiger partial charge in [-0.15, -0.1) is 0 Å². The van der Waals surface area contributed by atoms with Crippen molar-refractivity contribution in [3.8, 4) is 0 Å². The predicted octanol–water partition coefficient (Wildman–Crippen LogP) is 1.16. The van der Waals surface area contributed by atoms with E-state index in [1.807, 2.05) is 25.1 Å². The largest absolute Gasteiger partial charge is 0.353 e. The van der Waals surface area contributed by atoms with E-state index in [1.165, 1.54) is 5.56 Å².